The second-order valence-electron chi connectivity index (χ2n) is 7.28. The Morgan fingerprint density at radius 2 is 1.96 bits per heavy atom. The molecule has 26 heavy (non-hydrogen) atoms. The number of sulfone groups is 1. The summed E-state index contributed by atoms with van der Waals surface area (Å²) >= 11 is 1.32. The highest BCUT2D eigenvalue weighted by Crippen LogP contribution is 2.32. The molecule has 0 aliphatic carbocycles. The third-order valence-corrected chi connectivity index (χ3v) is 8.42. The molecular formula is C19H28N3O2S2+. The molecule has 2 aliphatic heterocycles. The van der Waals surface area contributed by atoms with Gasteiger partial charge in [-0.1, -0.05) is 13.8 Å². The third kappa shape index (κ3) is 3.27. The second kappa shape index (κ2) is 6.93. The first kappa shape index (κ1) is 19.3. The van der Waals surface area contributed by atoms with Crippen molar-refractivity contribution in [1.82, 2.24) is 4.90 Å². The van der Waals surface area contributed by atoms with Crippen molar-refractivity contribution in [3.63, 3.8) is 0 Å². The zero-order chi connectivity index (χ0) is 19.2. The maximum atomic E-state index is 11.9. The van der Waals surface area contributed by atoms with Gasteiger partial charge < -0.3 is 4.90 Å². The minimum absolute atomic E-state index is 0.0903. The summed E-state index contributed by atoms with van der Waals surface area (Å²) in [6, 6.07) is 1.89. The molecule has 0 saturated heterocycles. The van der Waals surface area contributed by atoms with E-state index >= 15 is 0 Å². The number of likely N-dealkylation sites (N-methyl/N-ethyl adjacent to an activating group) is 1. The van der Waals surface area contributed by atoms with E-state index in [0.29, 0.717) is 10.1 Å². The summed E-state index contributed by atoms with van der Waals surface area (Å²) in [4.78, 5) is 11.8. The number of nitrogens with one attached hydrogen (secondary N) is 1. The summed E-state index contributed by atoms with van der Waals surface area (Å²) in [7, 11) is -1.12. The number of rotatable bonds is 5. The lowest BCUT2D eigenvalue weighted by molar-refractivity contribution is -0.527. The van der Waals surface area contributed by atoms with Crippen LogP contribution < -0.4 is 4.99 Å². The lowest BCUT2D eigenvalue weighted by Gasteiger charge is -2.24. The van der Waals surface area contributed by atoms with Gasteiger partial charge in [0.25, 0.3) is 6.17 Å². The largest absolute Gasteiger partial charge is 0.322 e. The number of fused-ring (bicyclic) bond motifs is 1. The monoisotopic (exact) mass is 394 g/mol. The highest BCUT2D eigenvalue weighted by Gasteiger charge is 2.43. The highest BCUT2D eigenvalue weighted by molar-refractivity contribution is 7.92. The van der Waals surface area contributed by atoms with Gasteiger partial charge in [-0.25, -0.2) is 13.4 Å². The first-order chi connectivity index (χ1) is 12.2. The molecule has 0 spiro atoms. The van der Waals surface area contributed by atoms with Crippen LogP contribution in [-0.2, 0) is 9.84 Å². The zero-order valence-electron chi connectivity index (χ0n) is 16.3. The van der Waals surface area contributed by atoms with E-state index in [4.69, 9.17) is 4.99 Å². The number of aliphatic imine (C=N–C) groups is 1. The molecule has 1 aromatic heterocycles. The van der Waals surface area contributed by atoms with Gasteiger partial charge in [0, 0.05) is 19.5 Å². The van der Waals surface area contributed by atoms with E-state index in [1.54, 1.807) is 6.07 Å². The Bertz CT molecular complexity index is 905. The molecule has 1 aromatic rings. The van der Waals surface area contributed by atoms with Gasteiger partial charge in [-0.05, 0) is 49.8 Å². The smallest absolute Gasteiger partial charge is 0.253 e. The fourth-order valence-corrected chi connectivity index (χ4v) is 6.08. The molecule has 3 rings (SSSR count). The summed E-state index contributed by atoms with van der Waals surface area (Å²) in [6.07, 6.45) is 5.82. The van der Waals surface area contributed by atoms with E-state index < -0.39 is 9.84 Å². The van der Waals surface area contributed by atoms with Gasteiger partial charge in [-0.3, -0.25) is 4.99 Å². The Hall–Kier alpha value is -1.47. The van der Waals surface area contributed by atoms with Crippen molar-refractivity contribution in [2.75, 3.05) is 13.3 Å². The van der Waals surface area contributed by atoms with Crippen LogP contribution in [0.15, 0.2) is 27.0 Å². The van der Waals surface area contributed by atoms with Crippen LogP contribution in [0, 0.1) is 12.8 Å². The van der Waals surface area contributed by atoms with E-state index in [1.165, 1.54) is 23.2 Å². The fourth-order valence-electron chi connectivity index (χ4n) is 3.87. The van der Waals surface area contributed by atoms with Crippen LogP contribution >= 0.6 is 11.3 Å². The van der Waals surface area contributed by atoms with Crippen molar-refractivity contribution in [1.29, 1.82) is 0 Å². The quantitative estimate of drug-likeness (QED) is 0.828. The molecule has 0 radical (unpaired) electrons. The molecular weight excluding hydrogens is 366 g/mol. The zero-order valence-corrected chi connectivity index (χ0v) is 18.0. The molecule has 2 atom stereocenters. The summed E-state index contributed by atoms with van der Waals surface area (Å²) in [5.74, 6) is 0.549. The molecule has 5 nitrogen and oxygen atoms in total. The molecule has 2 unspecified atom stereocenters. The van der Waals surface area contributed by atoms with E-state index in [9.17, 15) is 8.42 Å². The average molecular weight is 395 g/mol. The van der Waals surface area contributed by atoms with Crippen LogP contribution in [-0.4, -0.2) is 50.3 Å². The molecule has 0 aromatic carbocycles. The molecule has 0 fully saturated rings. The van der Waals surface area contributed by atoms with Crippen LogP contribution in [0.1, 0.15) is 44.1 Å². The Balaban J connectivity index is 2.00. The van der Waals surface area contributed by atoms with Crippen molar-refractivity contribution < 1.29 is 13.4 Å². The van der Waals surface area contributed by atoms with Gasteiger partial charge in [0.2, 0.25) is 5.71 Å². The van der Waals surface area contributed by atoms with E-state index in [0.717, 1.165) is 34.7 Å². The standard InChI is InChI=1S/C19H27N3O2S2/c1-7-13(8-2)14-10-22(5)19-17(14)20-12(4)16(21-19)18-11(3)9-15(25-18)26(6,23)24/h9-10,13,17,19H,7-8H2,1-6H3/p+1. The maximum absolute atomic E-state index is 11.9. The number of thiophene rings is 1. The number of nitrogens with zero attached hydrogens (tertiary/aromatic N) is 2. The lowest BCUT2D eigenvalue weighted by Crippen LogP contribution is -2.87. The van der Waals surface area contributed by atoms with Crippen molar-refractivity contribution in [2.24, 2.45) is 10.9 Å². The maximum Gasteiger partial charge on any atom is 0.253 e. The lowest BCUT2D eigenvalue weighted by atomic mass is 9.89. The van der Waals surface area contributed by atoms with Crippen LogP contribution in [0.4, 0.5) is 0 Å². The Labute approximate surface area is 160 Å². The summed E-state index contributed by atoms with van der Waals surface area (Å²) in [6.45, 7) is 8.43. The van der Waals surface area contributed by atoms with Gasteiger partial charge >= 0.3 is 0 Å². The summed E-state index contributed by atoms with van der Waals surface area (Å²) < 4.78 is 24.2. The van der Waals surface area contributed by atoms with Gasteiger partial charge in [-0.15, -0.1) is 11.3 Å². The molecule has 2 aliphatic rings. The predicted octanol–water partition coefficient (Wildman–Crippen LogP) is 1.76. The second-order valence-corrected chi connectivity index (χ2v) is 10.6. The van der Waals surface area contributed by atoms with E-state index in [1.807, 2.05) is 13.8 Å². The molecule has 0 amide bonds. The minimum Gasteiger partial charge on any atom is -0.322 e. The van der Waals surface area contributed by atoms with Crippen LogP contribution in [0.3, 0.4) is 0 Å². The molecule has 0 bridgehead atoms. The average Bonchev–Trinajstić information content (AvgIpc) is 3.09. The number of hydrogen-bond donors (Lipinski definition) is 1. The van der Waals surface area contributed by atoms with Gasteiger partial charge in [-0.2, -0.15) is 0 Å². The normalized spacial score (nSPS) is 23.0. The van der Waals surface area contributed by atoms with Crippen molar-refractivity contribution in [2.45, 2.75) is 57.0 Å². The van der Waals surface area contributed by atoms with Crippen LogP contribution in [0.2, 0.25) is 0 Å². The molecule has 142 valence electrons. The van der Waals surface area contributed by atoms with E-state index in [2.05, 4.69) is 37.0 Å². The van der Waals surface area contributed by atoms with Crippen molar-refractivity contribution in [3.8, 4) is 0 Å². The molecule has 1 N–H and O–H groups in total. The Morgan fingerprint density at radius 3 is 2.50 bits per heavy atom. The SMILES string of the molecule is CCC(CC)C1=CN(C)C2[NH+]=C(c3sc(S(C)(=O)=O)cc3C)C(C)=NC12. The summed E-state index contributed by atoms with van der Waals surface area (Å²) in [5, 5.41) is 0. The number of aryl methyl sites for hydroxylation is 1. The Kier molecular flexibility index (Phi) is 5.14. The molecule has 7 heteroatoms. The van der Waals surface area contributed by atoms with Crippen molar-refractivity contribution in [3.05, 3.63) is 28.3 Å². The van der Waals surface area contributed by atoms with Gasteiger partial charge in [0.1, 0.15) is 14.8 Å². The minimum atomic E-state index is -3.20. The predicted molar refractivity (Wildman–Crippen MR) is 108 cm³/mol. The fraction of sp³-hybridized carbons (Fsp3) is 0.579. The molecule has 3 heterocycles. The van der Waals surface area contributed by atoms with Gasteiger partial charge in [0.15, 0.2) is 15.9 Å². The van der Waals surface area contributed by atoms with Gasteiger partial charge in [0.05, 0.1) is 0 Å². The first-order valence-electron chi connectivity index (χ1n) is 9.10. The highest BCUT2D eigenvalue weighted by atomic mass is 32.2. The third-order valence-electron chi connectivity index (χ3n) is 5.36. The van der Waals surface area contributed by atoms with Crippen LogP contribution in [0.25, 0.3) is 0 Å². The Morgan fingerprint density at radius 1 is 1.31 bits per heavy atom. The van der Waals surface area contributed by atoms with E-state index in [-0.39, 0.29) is 12.2 Å². The van der Waals surface area contributed by atoms with Crippen LogP contribution in [0.5, 0.6) is 0 Å². The van der Waals surface area contributed by atoms with Crippen molar-refractivity contribution >= 4 is 32.6 Å². The molecule has 0 saturated carbocycles. The topological polar surface area (TPSA) is 63.7 Å². The number of hydrogen-bond acceptors (Lipinski definition) is 5. The first-order valence-corrected chi connectivity index (χ1v) is 11.8. The summed E-state index contributed by atoms with van der Waals surface area (Å²) in [5.41, 5.74) is 4.27.